The van der Waals surface area contributed by atoms with E-state index in [1.54, 1.807) is 6.20 Å². The zero-order valence-electron chi connectivity index (χ0n) is 11.6. The summed E-state index contributed by atoms with van der Waals surface area (Å²) in [6.07, 6.45) is 1.67. The van der Waals surface area contributed by atoms with Crippen LogP contribution in [0.25, 0.3) is 11.0 Å². The Morgan fingerprint density at radius 2 is 2.24 bits per heavy atom. The van der Waals surface area contributed by atoms with Crippen LogP contribution in [0, 0.1) is 6.92 Å². The van der Waals surface area contributed by atoms with Gasteiger partial charge in [0, 0.05) is 0 Å². The molecule has 3 aromatic rings. The Hall–Kier alpha value is -2.83. The van der Waals surface area contributed by atoms with E-state index >= 15 is 0 Å². The van der Waals surface area contributed by atoms with Crippen LogP contribution in [-0.4, -0.2) is 33.3 Å². The molecule has 0 fully saturated rings. The second-order valence-corrected chi connectivity index (χ2v) is 4.65. The van der Waals surface area contributed by atoms with Crippen molar-refractivity contribution in [1.82, 2.24) is 20.2 Å². The number of hydrogen-bond donors (Lipinski definition) is 3. The molecule has 0 saturated heterocycles. The van der Waals surface area contributed by atoms with E-state index in [1.165, 1.54) is 5.56 Å². The highest BCUT2D eigenvalue weighted by molar-refractivity contribution is 5.86. The van der Waals surface area contributed by atoms with E-state index < -0.39 is 0 Å². The first kappa shape index (κ1) is 13.2. The Kier molecular flexibility index (Phi) is 3.55. The number of aromatic nitrogens is 4. The van der Waals surface area contributed by atoms with Crippen LogP contribution in [0.5, 0.6) is 5.75 Å². The molecular weight excluding hydrogens is 268 g/mol. The number of nitrogens with zero attached hydrogens (tertiary/aromatic N) is 3. The Morgan fingerprint density at radius 3 is 3.10 bits per heavy atom. The molecule has 0 unspecified atom stereocenters. The summed E-state index contributed by atoms with van der Waals surface area (Å²) in [5, 5.41) is 10.7. The highest BCUT2D eigenvalue weighted by Crippen LogP contribution is 2.18. The van der Waals surface area contributed by atoms with Crippen molar-refractivity contribution in [2.24, 2.45) is 0 Å². The Morgan fingerprint density at radius 1 is 1.33 bits per heavy atom. The average molecular weight is 284 g/mol. The fourth-order valence-electron chi connectivity index (χ4n) is 2.03. The first-order chi connectivity index (χ1) is 10.2. The van der Waals surface area contributed by atoms with Gasteiger partial charge in [0.05, 0.1) is 18.1 Å². The average Bonchev–Trinajstić information content (AvgIpc) is 2.91. The van der Waals surface area contributed by atoms with Crippen LogP contribution < -0.4 is 15.8 Å². The van der Waals surface area contributed by atoms with E-state index in [1.807, 2.05) is 31.2 Å². The maximum absolute atomic E-state index is 5.67. The molecule has 108 valence electrons. The largest absolute Gasteiger partial charge is 0.492 e. The molecule has 2 aromatic heterocycles. The Bertz CT molecular complexity index is 754. The lowest BCUT2D eigenvalue weighted by Crippen LogP contribution is -2.13. The highest BCUT2D eigenvalue weighted by atomic mass is 16.5. The Balaban J connectivity index is 1.61. The summed E-state index contributed by atoms with van der Waals surface area (Å²) in [5.41, 5.74) is 7.44. The lowest BCUT2D eigenvalue weighted by Gasteiger charge is -2.09. The van der Waals surface area contributed by atoms with Crippen molar-refractivity contribution in [2.45, 2.75) is 6.92 Å². The predicted octanol–water partition coefficient (Wildman–Crippen LogP) is 1.73. The third-order valence-corrected chi connectivity index (χ3v) is 2.98. The smallest absolute Gasteiger partial charge is 0.224 e. The number of nitrogens with one attached hydrogen (secondary N) is 2. The molecule has 0 aliphatic heterocycles. The molecule has 0 aliphatic rings. The van der Waals surface area contributed by atoms with Gasteiger partial charge in [0.1, 0.15) is 18.2 Å². The van der Waals surface area contributed by atoms with E-state index in [9.17, 15) is 0 Å². The number of aryl methyl sites for hydroxylation is 1. The summed E-state index contributed by atoms with van der Waals surface area (Å²) >= 11 is 0. The van der Waals surface area contributed by atoms with E-state index in [-0.39, 0.29) is 5.95 Å². The number of H-pyrrole nitrogens is 1. The van der Waals surface area contributed by atoms with E-state index in [4.69, 9.17) is 10.5 Å². The third kappa shape index (κ3) is 3.02. The topological polar surface area (TPSA) is 102 Å². The number of anilines is 2. The fraction of sp³-hybridized carbons (Fsp3) is 0.214. The van der Waals surface area contributed by atoms with Crippen LogP contribution >= 0.6 is 0 Å². The molecule has 0 aliphatic carbocycles. The van der Waals surface area contributed by atoms with E-state index in [0.717, 1.165) is 11.1 Å². The van der Waals surface area contributed by atoms with E-state index in [2.05, 4.69) is 25.5 Å². The van der Waals surface area contributed by atoms with Gasteiger partial charge in [-0.25, -0.2) is 0 Å². The van der Waals surface area contributed by atoms with Crippen molar-refractivity contribution < 1.29 is 4.74 Å². The minimum Gasteiger partial charge on any atom is -0.492 e. The predicted molar refractivity (Wildman–Crippen MR) is 81.3 cm³/mol. The number of fused-ring (bicyclic) bond motifs is 1. The zero-order chi connectivity index (χ0) is 14.7. The lowest BCUT2D eigenvalue weighted by atomic mass is 10.2. The number of aromatic amines is 1. The summed E-state index contributed by atoms with van der Waals surface area (Å²) in [7, 11) is 0. The first-order valence-electron chi connectivity index (χ1n) is 6.62. The van der Waals surface area contributed by atoms with Gasteiger partial charge < -0.3 is 15.8 Å². The molecule has 2 heterocycles. The number of nitrogens with two attached hydrogens (primary N) is 1. The van der Waals surface area contributed by atoms with Gasteiger partial charge in [0.2, 0.25) is 5.95 Å². The van der Waals surface area contributed by atoms with Gasteiger partial charge in [-0.2, -0.15) is 15.1 Å². The summed E-state index contributed by atoms with van der Waals surface area (Å²) in [6.45, 7) is 3.15. The highest BCUT2D eigenvalue weighted by Gasteiger charge is 2.07. The van der Waals surface area contributed by atoms with Gasteiger partial charge in [0.25, 0.3) is 0 Å². The minimum absolute atomic E-state index is 0.203. The van der Waals surface area contributed by atoms with Crippen LogP contribution in [-0.2, 0) is 0 Å². The van der Waals surface area contributed by atoms with Crippen molar-refractivity contribution in [2.75, 3.05) is 24.2 Å². The van der Waals surface area contributed by atoms with Gasteiger partial charge in [-0.1, -0.05) is 12.1 Å². The van der Waals surface area contributed by atoms with Gasteiger partial charge in [-0.05, 0) is 24.6 Å². The molecule has 3 rings (SSSR count). The van der Waals surface area contributed by atoms with Gasteiger partial charge in [-0.3, -0.25) is 5.10 Å². The molecule has 0 atom stereocenters. The standard InChI is InChI=1S/C14H16N6O/c1-9-3-2-4-10(7-9)21-6-5-16-12-11-8-17-20-13(11)19-14(15)18-12/h2-4,7-8H,5-6H2,1H3,(H4,15,16,17,18,19,20). The molecule has 7 heteroatoms. The molecule has 0 radical (unpaired) electrons. The maximum Gasteiger partial charge on any atom is 0.224 e. The van der Waals surface area contributed by atoms with Crippen LogP contribution in [0.3, 0.4) is 0 Å². The molecule has 7 nitrogen and oxygen atoms in total. The lowest BCUT2D eigenvalue weighted by molar-refractivity contribution is 0.332. The van der Waals surface area contributed by atoms with Crippen molar-refractivity contribution in [3.05, 3.63) is 36.0 Å². The first-order valence-corrected chi connectivity index (χ1v) is 6.62. The number of ether oxygens (including phenoxy) is 1. The summed E-state index contributed by atoms with van der Waals surface area (Å²) in [4.78, 5) is 8.23. The second-order valence-electron chi connectivity index (χ2n) is 4.65. The summed E-state index contributed by atoms with van der Waals surface area (Å²) in [6, 6.07) is 7.93. The van der Waals surface area contributed by atoms with E-state index in [0.29, 0.717) is 24.6 Å². The monoisotopic (exact) mass is 284 g/mol. The number of benzene rings is 1. The van der Waals surface area contributed by atoms with Crippen LogP contribution in [0.2, 0.25) is 0 Å². The quantitative estimate of drug-likeness (QED) is 0.617. The van der Waals surface area contributed by atoms with Crippen molar-refractivity contribution in [3.63, 3.8) is 0 Å². The molecule has 21 heavy (non-hydrogen) atoms. The second kappa shape index (κ2) is 5.66. The van der Waals surface area contributed by atoms with Crippen molar-refractivity contribution >= 4 is 22.8 Å². The van der Waals surface area contributed by atoms with Gasteiger partial charge in [-0.15, -0.1) is 0 Å². The minimum atomic E-state index is 0.203. The summed E-state index contributed by atoms with van der Waals surface area (Å²) < 4.78 is 5.67. The third-order valence-electron chi connectivity index (χ3n) is 2.98. The molecule has 4 N–H and O–H groups in total. The molecule has 0 spiro atoms. The summed E-state index contributed by atoms with van der Waals surface area (Å²) in [5.74, 6) is 1.71. The molecule has 0 saturated carbocycles. The fourth-order valence-corrected chi connectivity index (χ4v) is 2.03. The van der Waals surface area contributed by atoms with Crippen LogP contribution in [0.15, 0.2) is 30.5 Å². The van der Waals surface area contributed by atoms with Crippen LogP contribution in [0.4, 0.5) is 11.8 Å². The van der Waals surface area contributed by atoms with Crippen LogP contribution in [0.1, 0.15) is 5.56 Å². The molecule has 0 bridgehead atoms. The molecule has 0 amide bonds. The van der Waals surface area contributed by atoms with Gasteiger partial charge in [0.15, 0.2) is 5.65 Å². The Labute approximate surface area is 121 Å². The normalized spacial score (nSPS) is 10.7. The number of nitrogen functional groups attached to an aromatic ring is 1. The maximum atomic E-state index is 5.67. The zero-order valence-corrected chi connectivity index (χ0v) is 11.6. The van der Waals surface area contributed by atoms with Crippen molar-refractivity contribution in [3.8, 4) is 5.75 Å². The molecular formula is C14H16N6O. The van der Waals surface area contributed by atoms with Crippen molar-refractivity contribution in [1.29, 1.82) is 0 Å². The van der Waals surface area contributed by atoms with Gasteiger partial charge >= 0.3 is 0 Å². The number of hydrogen-bond acceptors (Lipinski definition) is 6. The molecule has 1 aromatic carbocycles. The number of rotatable bonds is 5. The SMILES string of the molecule is Cc1cccc(OCCNc2nc(N)nc3[nH]ncc23)c1.